The summed E-state index contributed by atoms with van der Waals surface area (Å²) in [5.41, 5.74) is 3.47. The monoisotopic (exact) mass is 305 g/mol. The van der Waals surface area contributed by atoms with Crippen LogP contribution in [-0.4, -0.2) is 14.2 Å². The first-order valence-corrected chi connectivity index (χ1v) is 6.90. The Labute approximate surface area is 116 Å². The third-order valence-corrected chi connectivity index (χ3v) is 3.57. The lowest BCUT2D eigenvalue weighted by Gasteiger charge is -2.22. The van der Waals surface area contributed by atoms with Gasteiger partial charge in [-0.25, -0.2) is 0 Å². The van der Waals surface area contributed by atoms with E-state index in [1.165, 1.54) is 5.56 Å². The number of para-hydroxylation sites is 2. The number of rotatable bonds is 4. The fourth-order valence-corrected chi connectivity index (χ4v) is 2.23. The summed E-state index contributed by atoms with van der Waals surface area (Å²) < 4.78 is 5.38. The molecule has 0 unspecified atom stereocenters. The van der Waals surface area contributed by atoms with Crippen LogP contribution in [0.25, 0.3) is 0 Å². The summed E-state index contributed by atoms with van der Waals surface area (Å²) in [5.74, 6) is 0.879. The van der Waals surface area contributed by atoms with Crippen LogP contribution < -0.4 is 9.64 Å². The van der Waals surface area contributed by atoms with Crippen LogP contribution in [0.3, 0.4) is 0 Å². The van der Waals surface area contributed by atoms with Gasteiger partial charge in [0.1, 0.15) is 5.75 Å². The van der Waals surface area contributed by atoms with Gasteiger partial charge < -0.3 is 9.64 Å². The Morgan fingerprint density at radius 3 is 2.33 bits per heavy atom. The molecular formula is C15H16BrNO. The van der Waals surface area contributed by atoms with Crippen molar-refractivity contribution in [1.29, 1.82) is 0 Å². The number of ether oxygens (including phenoxy) is 1. The molecule has 0 aliphatic carbocycles. The lowest BCUT2D eigenvalue weighted by Crippen LogP contribution is -2.10. The minimum Gasteiger partial charge on any atom is -0.495 e. The van der Waals surface area contributed by atoms with Gasteiger partial charge in [0.05, 0.1) is 12.8 Å². The van der Waals surface area contributed by atoms with Gasteiger partial charge in [-0.2, -0.15) is 0 Å². The minimum absolute atomic E-state index is 0.879. The van der Waals surface area contributed by atoms with Gasteiger partial charge in [0.2, 0.25) is 0 Å². The van der Waals surface area contributed by atoms with Crippen LogP contribution in [0.15, 0.2) is 48.5 Å². The fourth-order valence-electron chi connectivity index (χ4n) is 1.85. The third kappa shape index (κ3) is 2.67. The highest BCUT2D eigenvalue weighted by molar-refractivity contribution is 9.08. The van der Waals surface area contributed by atoms with Crippen molar-refractivity contribution in [1.82, 2.24) is 0 Å². The van der Waals surface area contributed by atoms with Crippen molar-refractivity contribution in [2.75, 3.05) is 19.1 Å². The Balaban J connectivity index is 2.31. The number of methoxy groups -OCH3 is 1. The van der Waals surface area contributed by atoms with Crippen molar-refractivity contribution in [3.8, 4) is 5.75 Å². The van der Waals surface area contributed by atoms with E-state index in [-0.39, 0.29) is 0 Å². The van der Waals surface area contributed by atoms with Gasteiger partial charge in [0.15, 0.2) is 0 Å². The molecule has 94 valence electrons. The van der Waals surface area contributed by atoms with Gasteiger partial charge in [-0.1, -0.05) is 40.2 Å². The number of nitrogens with zero attached hydrogens (tertiary/aromatic N) is 1. The van der Waals surface area contributed by atoms with Crippen molar-refractivity contribution in [3.05, 3.63) is 54.1 Å². The molecule has 0 fully saturated rings. The maximum atomic E-state index is 5.38. The van der Waals surface area contributed by atoms with Crippen LogP contribution in [-0.2, 0) is 5.33 Å². The zero-order chi connectivity index (χ0) is 13.0. The van der Waals surface area contributed by atoms with Gasteiger partial charge in [0, 0.05) is 18.1 Å². The molecule has 0 saturated heterocycles. The van der Waals surface area contributed by atoms with Crippen LogP contribution in [0.5, 0.6) is 5.75 Å². The van der Waals surface area contributed by atoms with Gasteiger partial charge >= 0.3 is 0 Å². The summed E-state index contributed by atoms with van der Waals surface area (Å²) in [6.45, 7) is 0. The third-order valence-electron chi connectivity index (χ3n) is 2.92. The Morgan fingerprint density at radius 1 is 1.06 bits per heavy atom. The van der Waals surface area contributed by atoms with E-state index >= 15 is 0 Å². The van der Waals surface area contributed by atoms with Crippen LogP contribution in [0.4, 0.5) is 11.4 Å². The van der Waals surface area contributed by atoms with Crippen LogP contribution >= 0.6 is 15.9 Å². The van der Waals surface area contributed by atoms with Gasteiger partial charge in [0.25, 0.3) is 0 Å². The van der Waals surface area contributed by atoms with E-state index in [0.29, 0.717) is 0 Å². The van der Waals surface area contributed by atoms with E-state index in [2.05, 4.69) is 51.2 Å². The highest BCUT2D eigenvalue weighted by Gasteiger charge is 2.08. The summed E-state index contributed by atoms with van der Waals surface area (Å²) in [6, 6.07) is 16.5. The molecule has 0 N–H and O–H groups in total. The molecule has 2 rings (SSSR count). The Hall–Kier alpha value is -1.48. The SMILES string of the molecule is COc1ccccc1N(C)c1ccc(CBr)cc1. The summed E-state index contributed by atoms with van der Waals surface area (Å²) in [4.78, 5) is 2.12. The maximum Gasteiger partial charge on any atom is 0.142 e. The van der Waals surface area contributed by atoms with Crippen molar-refractivity contribution in [2.24, 2.45) is 0 Å². The largest absolute Gasteiger partial charge is 0.495 e. The Kier molecular flexibility index (Phi) is 4.26. The van der Waals surface area contributed by atoms with Crippen LogP contribution in [0.1, 0.15) is 5.56 Å². The second-order valence-corrected chi connectivity index (χ2v) is 4.59. The molecule has 2 aromatic carbocycles. The summed E-state index contributed by atoms with van der Waals surface area (Å²) in [7, 11) is 3.74. The molecule has 0 aromatic heterocycles. The van der Waals surface area contributed by atoms with E-state index in [1.807, 2.05) is 25.2 Å². The lowest BCUT2D eigenvalue weighted by molar-refractivity contribution is 0.415. The summed E-state index contributed by atoms with van der Waals surface area (Å²) >= 11 is 3.45. The molecule has 0 heterocycles. The van der Waals surface area contributed by atoms with Crippen molar-refractivity contribution < 1.29 is 4.74 Å². The predicted molar refractivity (Wildman–Crippen MR) is 80.1 cm³/mol. The molecule has 2 aromatic rings. The molecule has 0 aliphatic heterocycles. The number of alkyl halides is 1. The van der Waals surface area contributed by atoms with Gasteiger partial charge in [-0.15, -0.1) is 0 Å². The molecule has 0 saturated carbocycles. The first-order valence-electron chi connectivity index (χ1n) is 5.78. The van der Waals surface area contributed by atoms with Crippen molar-refractivity contribution in [2.45, 2.75) is 5.33 Å². The Bertz CT molecular complexity index is 510. The van der Waals surface area contributed by atoms with E-state index < -0.39 is 0 Å². The Morgan fingerprint density at radius 2 is 1.72 bits per heavy atom. The zero-order valence-corrected chi connectivity index (χ0v) is 12.1. The van der Waals surface area contributed by atoms with Crippen molar-refractivity contribution >= 4 is 27.3 Å². The van der Waals surface area contributed by atoms with E-state index in [0.717, 1.165) is 22.5 Å². The summed E-state index contributed by atoms with van der Waals surface area (Å²) in [5, 5.41) is 0.881. The zero-order valence-electron chi connectivity index (χ0n) is 10.6. The number of anilines is 2. The average molecular weight is 306 g/mol. The first-order chi connectivity index (χ1) is 8.76. The van der Waals surface area contributed by atoms with Gasteiger partial charge in [-0.05, 0) is 29.8 Å². The predicted octanol–water partition coefficient (Wildman–Crippen LogP) is 4.36. The van der Waals surface area contributed by atoms with E-state index in [9.17, 15) is 0 Å². The fraction of sp³-hybridized carbons (Fsp3) is 0.200. The minimum atomic E-state index is 0.879. The van der Waals surface area contributed by atoms with Crippen molar-refractivity contribution in [3.63, 3.8) is 0 Å². The molecule has 0 radical (unpaired) electrons. The van der Waals surface area contributed by atoms with E-state index in [4.69, 9.17) is 4.74 Å². The molecular weight excluding hydrogens is 290 g/mol. The number of hydrogen-bond donors (Lipinski definition) is 0. The van der Waals surface area contributed by atoms with Gasteiger partial charge in [-0.3, -0.25) is 0 Å². The van der Waals surface area contributed by atoms with Crippen LogP contribution in [0.2, 0.25) is 0 Å². The molecule has 3 heteroatoms. The quantitative estimate of drug-likeness (QED) is 0.778. The number of halogens is 1. The molecule has 0 amide bonds. The molecule has 0 atom stereocenters. The average Bonchev–Trinajstić information content (AvgIpc) is 2.46. The molecule has 0 bridgehead atoms. The standard InChI is InChI=1S/C15H16BrNO/c1-17(13-9-7-12(11-16)8-10-13)14-5-3-4-6-15(14)18-2/h3-10H,11H2,1-2H3. The highest BCUT2D eigenvalue weighted by Crippen LogP contribution is 2.32. The lowest BCUT2D eigenvalue weighted by atomic mass is 10.2. The normalized spacial score (nSPS) is 10.2. The topological polar surface area (TPSA) is 12.5 Å². The van der Waals surface area contributed by atoms with Crippen LogP contribution in [0, 0.1) is 0 Å². The highest BCUT2D eigenvalue weighted by atomic mass is 79.9. The molecule has 0 aliphatic rings. The summed E-state index contributed by atoms with van der Waals surface area (Å²) in [6.07, 6.45) is 0. The maximum absolute atomic E-state index is 5.38. The second kappa shape index (κ2) is 5.91. The smallest absolute Gasteiger partial charge is 0.142 e. The van der Waals surface area contributed by atoms with E-state index in [1.54, 1.807) is 7.11 Å². The first kappa shape index (κ1) is 13.0. The molecule has 0 spiro atoms. The second-order valence-electron chi connectivity index (χ2n) is 4.03. The number of hydrogen-bond acceptors (Lipinski definition) is 2. The molecule has 2 nitrogen and oxygen atoms in total. The number of benzene rings is 2. The molecule has 18 heavy (non-hydrogen) atoms.